The van der Waals surface area contributed by atoms with Crippen LogP contribution < -0.4 is 11.1 Å². The molecule has 0 bridgehead atoms. The van der Waals surface area contributed by atoms with Crippen LogP contribution in [0.2, 0.25) is 0 Å². The second-order valence-corrected chi connectivity index (χ2v) is 6.76. The van der Waals surface area contributed by atoms with E-state index in [-0.39, 0.29) is 23.5 Å². The Labute approximate surface area is 174 Å². The summed E-state index contributed by atoms with van der Waals surface area (Å²) < 4.78 is 29.0. The van der Waals surface area contributed by atoms with Crippen LogP contribution in [0.4, 0.5) is 20.2 Å². The van der Waals surface area contributed by atoms with Crippen molar-refractivity contribution in [1.29, 1.82) is 0 Å². The van der Waals surface area contributed by atoms with E-state index in [4.69, 9.17) is 5.73 Å². The number of hydrogen-bond acceptors (Lipinski definition) is 5. The fourth-order valence-electron chi connectivity index (χ4n) is 3.07. The molecule has 3 rings (SSSR count). The minimum Gasteiger partial charge on any atom is -0.366 e. The first-order valence-electron chi connectivity index (χ1n) is 8.96. The van der Waals surface area contributed by atoms with E-state index in [0.29, 0.717) is 17.5 Å². The van der Waals surface area contributed by atoms with Crippen molar-refractivity contribution >= 4 is 23.2 Å². The third-order valence-electron chi connectivity index (χ3n) is 4.64. The largest absolute Gasteiger partial charge is 0.366 e. The van der Waals surface area contributed by atoms with Gasteiger partial charge in [-0.1, -0.05) is 12.1 Å². The fraction of sp³-hybridized carbons (Fsp3) is 0.150. The number of carbonyl (C=O) groups excluding carboxylic acids is 2. The average molecular weight is 429 g/mol. The van der Waals surface area contributed by atoms with Gasteiger partial charge in [-0.25, -0.2) is 8.78 Å². The number of primary amides is 1. The van der Waals surface area contributed by atoms with Crippen LogP contribution in [0.5, 0.6) is 0 Å². The zero-order valence-corrected chi connectivity index (χ0v) is 16.5. The van der Waals surface area contributed by atoms with E-state index in [9.17, 15) is 28.5 Å². The van der Waals surface area contributed by atoms with Crippen molar-refractivity contribution in [1.82, 2.24) is 9.78 Å². The monoisotopic (exact) mass is 429 g/mol. The predicted molar refractivity (Wildman–Crippen MR) is 107 cm³/mol. The van der Waals surface area contributed by atoms with E-state index in [1.807, 2.05) is 0 Å². The normalized spacial score (nSPS) is 10.7. The molecule has 2 aromatic carbocycles. The van der Waals surface area contributed by atoms with Gasteiger partial charge in [-0.05, 0) is 37.6 Å². The van der Waals surface area contributed by atoms with Crippen molar-refractivity contribution in [2.75, 3.05) is 5.32 Å². The minimum atomic E-state index is -1.13. The zero-order valence-electron chi connectivity index (χ0n) is 16.5. The number of nitrogens with two attached hydrogens (primary N) is 1. The van der Waals surface area contributed by atoms with Crippen molar-refractivity contribution in [3.05, 3.63) is 86.2 Å². The number of nitrogens with zero attached hydrogens (tertiary/aromatic N) is 3. The number of nitro groups is 1. The minimum absolute atomic E-state index is 0.0485. The highest BCUT2D eigenvalue weighted by molar-refractivity contribution is 6.05. The summed E-state index contributed by atoms with van der Waals surface area (Å²) in [5.41, 5.74) is 5.65. The summed E-state index contributed by atoms with van der Waals surface area (Å²) in [5, 5.41) is 17.5. The van der Waals surface area contributed by atoms with Gasteiger partial charge in [0.2, 0.25) is 0 Å². The Morgan fingerprint density at radius 2 is 1.81 bits per heavy atom. The number of benzene rings is 2. The summed E-state index contributed by atoms with van der Waals surface area (Å²) in [6.45, 7) is 3.39. The summed E-state index contributed by atoms with van der Waals surface area (Å²) in [6, 6.07) is 7.48. The summed E-state index contributed by atoms with van der Waals surface area (Å²) in [4.78, 5) is 34.2. The first kappa shape index (κ1) is 21.6. The van der Waals surface area contributed by atoms with E-state index in [0.717, 1.165) is 11.6 Å². The molecular formula is C20H17F2N5O4. The van der Waals surface area contributed by atoms with Crippen molar-refractivity contribution in [2.24, 2.45) is 5.73 Å². The van der Waals surface area contributed by atoms with Gasteiger partial charge in [0, 0.05) is 11.6 Å². The summed E-state index contributed by atoms with van der Waals surface area (Å²) in [7, 11) is 0. The van der Waals surface area contributed by atoms with E-state index in [1.54, 1.807) is 26.0 Å². The molecule has 0 unspecified atom stereocenters. The van der Waals surface area contributed by atoms with Crippen LogP contribution in [0, 0.1) is 35.6 Å². The second kappa shape index (κ2) is 8.30. The van der Waals surface area contributed by atoms with Crippen LogP contribution in [0.15, 0.2) is 36.4 Å². The molecule has 0 saturated heterocycles. The van der Waals surface area contributed by atoms with E-state index >= 15 is 0 Å². The number of nitrogens with one attached hydrogen (secondary N) is 1. The first-order chi connectivity index (χ1) is 14.6. The van der Waals surface area contributed by atoms with Crippen LogP contribution in [0.1, 0.15) is 37.7 Å². The summed E-state index contributed by atoms with van der Waals surface area (Å²) in [5.74, 6) is -3.97. The predicted octanol–water partition coefficient (Wildman–Crippen LogP) is 3.09. The highest BCUT2D eigenvalue weighted by Crippen LogP contribution is 2.23. The Morgan fingerprint density at radius 3 is 2.35 bits per heavy atom. The lowest BCUT2D eigenvalue weighted by molar-refractivity contribution is -0.386. The van der Waals surface area contributed by atoms with Gasteiger partial charge in [-0.2, -0.15) is 5.10 Å². The molecule has 0 atom stereocenters. The molecule has 0 radical (unpaired) electrons. The topological polar surface area (TPSA) is 133 Å². The molecule has 160 valence electrons. The standard InChI is InChI=1S/C20H17F2N5O4/c1-10-18(27(30)31)11(2)26(25-10)9-12-3-5-13(6-4-12)20(29)24-17-7-14(19(23)28)15(21)8-16(17)22/h3-8H,9H2,1-2H3,(H2,23,28)(H,24,29). The van der Waals surface area contributed by atoms with Crippen LogP contribution >= 0.6 is 0 Å². The van der Waals surface area contributed by atoms with Gasteiger partial charge in [0.25, 0.3) is 11.8 Å². The molecule has 1 heterocycles. The average Bonchev–Trinajstić information content (AvgIpc) is 2.97. The quantitative estimate of drug-likeness (QED) is 0.459. The Balaban J connectivity index is 1.77. The smallest absolute Gasteiger partial charge is 0.312 e. The maximum Gasteiger partial charge on any atom is 0.312 e. The first-order valence-corrected chi connectivity index (χ1v) is 8.96. The number of aromatic nitrogens is 2. The van der Waals surface area contributed by atoms with Crippen LogP contribution in [0.25, 0.3) is 0 Å². The third-order valence-corrected chi connectivity index (χ3v) is 4.64. The van der Waals surface area contributed by atoms with E-state index in [1.165, 1.54) is 16.8 Å². The molecule has 0 aliphatic heterocycles. The number of anilines is 1. The zero-order chi connectivity index (χ0) is 22.9. The Kier molecular flexibility index (Phi) is 5.77. The molecule has 3 aromatic rings. The van der Waals surface area contributed by atoms with Gasteiger partial charge in [0.15, 0.2) is 0 Å². The number of amides is 2. The molecule has 0 aliphatic rings. The van der Waals surface area contributed by atoms with Gasteiger partial charge < -0.3 is 11.1 Å². The SMILES string of the molecule is Cc1nn(Cc2ccc(C(=O)Nc3cc(C(N)=O)c(F)cc3F)cc2)c(C)c1[N+](=O)[O-]. The molecule has 3 N–H and O–H groups in total. The van der Waals surface area contributed by atoms with Gasteiger partial charge in [0.05, 0.1) is 22.7 Å². The Hall–Kier alpha value is -4.15. The summed E-state index contributed by atoms with van der Waals surface area (Å²) >= 11 is 0. The maximum absolute atomic E-state index is 13.9. The van der Waals surface area contributed by atoms with Gasteiger partial charge in [0.1, 0.15) is 23.0 Å². The molecular weight excluding hydrogens is 412 g/mol. The van der Waals surface area contributed by atoms with Crippen molar-refractivity contribution < 1.29 is 23.3 Å². The lowest BCUT2D eigenvalue weighted by Crippen LogP contribution is -2.17. The number of hydrogen-bond donors (Lipinski definition) is 2. The van der Waals surface area contributed by atoms with Crippen molar-refractivity contribution in [3.63, 3.8) is 0 Å². The van der Waals surface area contributed by atoms with Gasteiger partial charge in [-0.15, -0.1) is 0 Å². The second-order valence-electron chi connectivity index (χ2n) is 6.76. The third kappa shape index (κ3) is 4.39. The molecule has 9 nitrogen and oxygen atoms in total. The van der Waals surface area contributed by atoms with Gasteiger partial charge in [-0.3, -0.25) is 24.4 Å². The van der Waals surface area contributed by atoms with E-state index in [2.05, 4.69) is 10.4 Å². The number of halogens is 2. The highest BCUT2D eigenvalue weighted by atomic mass is 19.1. The molecule has 11 heteroatoms. The molecule has 0 spiro atoms. The molecule has 0 fully saturated rings. The van der Waals surface area contributed by atoms with Crippen LogP contribution in [0.3, 0.4) is 0 Å². The number of aryl methyl sites for hydroxylation is 1. The van der Waals surface area contributed by atoms with Crippen LogP contribution in [-0.2, 0) is 6.54 Å². The van der Waals surface area contributed by atoms with Gasteiger partial charge >= 0.3 is 5.69 Å². The van der Waals surface area contributed by atoms with Crippen molar-refractivity contribution in [3.8, 4) is 0 Å². The van der Waals surface area contributed by atoms with Crippen LogP contribution in [-0.4, -0.2) is 26.5 Å². The lowest BCUT2D eigenvalue weighted by atomic mass is 10.1. The van der Waals surface area contributed by atoms with E-state index < -0.39 is 33.9 Å². The molecule has 0 aliphatic carbocycles. The fourth-order valence-corrected chi connectivity index (χ4v) is 3.07. The molecule has 31 heavy (non-hydrogen) atoms. The Bertz CT molecular complexity index is 1210. The molecule has 0 saturated carbocycles. The number of carbonyl (C=O) groups is 2. The lowest BCUT2D eigenvalue weighted by Gasteiger charge is -2.09. The maximum atomic E-state index is 13.9. The summed E-state index contributed by atoms with van der Waals surface area (Å²) in [6.07, 6.45) is 0. The molecule has 1 aromatic heterocycles. The molecule has 2 amide bonds. The number of rotatable bonds is 6. The highest BCUT2D eigenvalue weighted by Gasteiger charge is 2.22. The van der Waals surface area contributed by atoms with Crippen molar-refractivity contribution in [2.45, 2.75) is 20.4 Å². The Morgan fingerprint density at radius 1 is 1.16 bits per heavy atom.